The van der Waals surface area contributed by atoms with Crippen molar-refractivity contribution in [3.63, 3.8) is 0 Å². The van der Waals surface area contributed by atoms with E-state index in [-0.39, 0.29) is 12.4 Å². The van der Waals surface area contributed by atoms with Gasteiger partial charge in [-0.2, -0.15) is 0 Å². The summed E-state index contributed by atoms with van der Waals surface area (Å²) in [5.41, 5.74) is 1.66. The van der Waals surface area contributed by atoms with Crippen LogP contribution in [0.3, 0.4) is 0 Å². The third-order valence-corrected chi connectivity index (χ3v) is 3.93. The zero-order chi connectivity index (χ0) is 14.2. The third kappa shape index (κ3) is 2.01. The first-order chi connectivity index (χ1) is 8.92. The Morgan fingerprint density at radius 1 is 1.42 bits per heavy atom. The van der Waals surface area contributed by atoms with Gasteiger partial charge in [0.15, 0.2) is 5.76 Å². The lowest BCUT2D eigenvalue weighted by molar-refractivity contribution is -0.151. The number of carbonyl (C=O) groups excluding carboxylic acids is 2. The summed E-state index contributed by atoms with van der Waals surface area (Å²) in [6.45, 7) is 5.94. The number of aliphatic hydroxyl groups is 1. The van der Waals surface area contributed by atoms with Gasteiger partial charge in [-0.05, 0) is 39.7 Å². The highest BCUT2D eigenvalue weighted by molar-refractivity contribution is 6.06. The zero-order valence-electron chi connectivity index (χ0n) is 11.4. The van der Waals surface area contributed by atoms with Gasteiger partial charge in [0, 0.05) is 5.57 Å². The van der Waals surface area contributed by atoms with Crippen LogP contribution < -0.4 is 0 Å². The molecule has 102 valence electrons. The fraction of sp³-hybridized carbons (Fsp3) is 0.467. The maximum Gasteiger partial charge on any atom is 0.320 e. The van der Waals surface area contributed by atoms with E-state index in [1.54, 1.807) is 13.0 Å². The minimum absolute atomic E-state index is 0.276. The summed E-state index contributed by atoms with van der Waals surface area (Å²) >= 11 is 0. The molecule has 0 amide bonds. The zero-order valence-corrected chi connectivity index (χ0v) is 11.4. The summed E-state index contributed by atoms with van der Waals surface area (Å²) in [5.74, 6) is -1.14. The van der Waals surface area contributed by atoms with Gasteiger partial charge < -0.3 is 9.84 Å². The monoisotopic (exact) mass is 262 g/mol. The Morgan fingerprint density at radius 2 is 2.11 bits per heavy atom. The number of ketones is 1. The minimum atomic E-state index is -1.00. The van der Waals surface area contributed by atoms with Crippen molar-refractivity contribution in [2.45, 2.75) is 33.6 Å². The molecular formula is C15H18O4. The van der Waals surface area contributed by atoms with Gasteiger partial charge >= 0.3 is 5.97 Å². The highest BCUT2D eigenvalue weighted by Gasteiger charge is 2.48. The second kappa shape index (κ2) is 4.68. The van der Waals surface area contributed by atoms with Crippen molar-refractivity contribution in [3.8, 4) is 0 Å². The van der Waals surface area contributed by atoms with Gasteiger partial charge in [0.05, 0.1) is 6.61 Å². The number of aliphatic hydroxyl groups excluding tert-OH is 1. The largest absolute Gasteiger partial charge is 0.504 e. The standard InChI is InChI=1S/C15H18O4/c1-4-19-14(18)15-6-5-12(16)13(17)11(15)7-9(2)10(3)8-15/h5-6,17H,4,7-8H2,1-3H3/t15-/m1/s1. The average molecular weight is 262 g/mol. The molecule has 2 aliphatic rings. The molecule has 0 saturated carbocycles. The normalized spacial score (nSPS) is 26.6. The molecule has 0 bridgehead atoms. The van der Waals surface area contributed by atoms with Crippen LogP contribution in [-0.4, -0.2) is 23.5 Å². The molecule has 0 heterocycles. The van der Waals surface area contributed by atoms with Crippen molar-refractivity contribution in [3.05, 3.63) is 34.6 Å². The lowest BCUT2D eigenvalue weighted by Crippen LogP contribution is -2.39. The predicted octanol–water partition coefficient (Wildman–Crippen LogP) is 2.62. The van der Waals surface area contributed by atoms with E-state index in [1.807, 2.05) is 13.8 Å². The van der Waals surface area contributed by atoms with Gasteiger partial charge in [-0.25, -0.2) is 0 Å². The number of allylic oxidation sites excluding steroid dienone is 3. The molecule has 0 aromatic heterocycles. The second-order valence-corrected chi connectivity index (χ2v) is 5.13. The van der Waals surface area contributed by atoms with E-state index in [4.69, 9.17) is 4.74 Å². The quantitative estimate of drug-likeness (QED) is 0.613. The van der Waals surface area contributed by atoms with E-state index in [1.165, 1.54) is 6.08 Å². The lowest BCUT2D eigenvalue weighted by atomic mass is 9.65. The molecule has 2 rings (SSSR count). The minimum Gasteiger partial charge on any atom is -0.504 e. The van der Waals surface area contributed by atoms with Crippen LogP contribution >= 0.6 is 0 Å². The number of ether oxygens (including phenoxy) is 1. The Bertz CT molecular complexity index is 536. The molecule has 4 heteroatoms. The predicted molar refractivity (Wildman–Crippen MR) is 70.5 cm³/mol. The van der Waals surface area contributed by atoms with E-state index in [9.17, 15) is 14.7 Å². The summed E-state index contributed by atoms with van der Waals surface area (Å²) < 4.78 is 5.14. The molecule has 0 aromatic rings. The van der Waals surface area contributed by atoms with Crippen LogP contribution in [0.2, 0.25) is 0 Å². The third-order valence-electron chi connectivity index (χ3n) is 3.93. The Morgan fingerprint density at radius 3 is 2.74 bits per heavy atom. The van der Waals surface area contributed by atoms with Crippen LogP contribution in [0.15, 0.2) is 34.6 Å². The molecule has 0 spiro atoms. The Kier molecular flexibility index (Phi) is 3.35. The van der Waals surface area contributed by atoms with Gasteiger partial charge in [0.2, 0.25) is 5.78 Å². The molecule has 1 N–H and O–H groups in total. The topological polar surface area (TPSA) is 63.6 Å². The lowest BCUT2D eigenvalue weighted by Gasteiger charge is -2.38. The molecule has 0 aromatic carbocycles. The molecular weight excluding hydrogens is 244 g/mol. The Hall–Kier alpha value is -1.84. The van der Waals surface area contributed by atoms with E-state index < -0.39 is 17.2 Å². The summed E-state index contributed by atoms with van der Waals surface area (Å²) in [6, 6.07) is 0. The SMILES string of the molecule is CCOC(=O)[C@@]12C=CC(=O)C(O)=C1CC(C)=C(C)C2. The summed E-state index contributed by atoms with van der Waals surface area (Å²) in [4.78, 5) is 23.9. The highest BCUT2D eigenvalue weighted by Crippen LogP contribution is 2.48. The smallest absolute Gasteiger partial charge is 0.320 e. The van der Waals surface area contributed by atoms with Crippen molar-refractivity contribution in [1.82, 2.24) is 0 Å². The first kappa shape index (κ1) is 13.6. The van der Waals surface area contributed by atoms with Crippen molar-refractivity contribution >= 4 is 11.8 Å². The van der Waals surface area contributed by atoms with E-state index in [2.05, 4.69) is 0 Å². The molecule has 1 atom stereocenters. The van der Waals surface area contributed by atoms with Crippen molar-refractivity contribution in [2.24, 2.45) is 5.41 Å². The first-order valence-corrected chi connectivity index (χ1v) is 6.41. The van der Waals surface area contributed by atoms with Crippen molar-refractivity contribution in [1.29, 1.82) is 0 Å². The van der Waals surface area contributed by atoms with Gasteiger partial charge in [0.25, 0.3) is 0 Å². The van der Waals surface area contributed by atoms with Crippen molar-refractivity contribution in [2.75, 3.05) is 6.61 Å². The molecule has 0 radical (unpaired) electrons. The molecule has 4 nitrogen and oxygen atoms in total. The number of hydrogen-bond donors (Lipinski definition) is 1. The number of carbonyl (C=O) groups is 2. The first-order valence-electron chi connectivity index (χ1n) is 6.41. The second-order valence-electron chi connectivity index (χ2n) is 5.13. The summed E-state index contributed by atoms with van der Waals surface area (Å²) in [7, 11) is 0. The van der Waals surface area contributed by atoms with E-state index in [0.717, 1.165) is 11.1 Å². The number of fused-ring (bicyclic) bond motifs is 1. The van der Waals surface area contributed by atoms with Crippen LogP contribution in [0.5, 0.6) is 0 Å². The molecule has 0 aliphatic heterocycles. The van der Waals surface area contributed by atoms with Crippen LogP contribution in [0.1, 0.15) is 33.6 Å². The molecule has 2 aliphatic carbocycles. The van der Waals surface area contributed by atoms with Crippen LogP contribution in [0.4, 0.5) is 0 Å². The van der Waals surface area contributed by atoms with E-state index in [0.29, 0.717) is 18.4 Å². The van der Waals surface area contributed by atoms with Gasteiger partial charge in [-0.1, -0.05) is 17.2 Å². The fourth-order valence-corrected chi connectivity index (χ4v) is 2.67. The maximum atomic E-state index is 12.3. The van der Waals surface area contributed by atoms with Gasteiger partial charge in [-0.15, -0.1) is 0 Å². The molecule has 19 heavy (non-hydrogen) atoms. The summed E-state index contributed by atoms with van der Waals surface area (Å²) in [6.07, 6.45) is 3.75. The number of hydrogen-bond acceptors (Lipinski definition) is 4. The Labute approximate surface area is 112 Å². The van der Waals surface area contributed by atoms with Gasteiger partial charge in [0.1, 0.15) is 5.41 Å². The van der Waals surface area contributed by atoms with Crippen LogP contribution in [0.25, 0.3) is 0 Å². The fourth-order valence-electron chi connectivity index (χ4n) is 2.67. The molecule has 0 unspecified atom stereocenters. The highest BCUT2D eigenvalue weighted by atomic mass is 16.5. The average Bonchev–Trinajstić information content (AvgIpc) is 2.37. The van der Waals surface area contributed by atoms with E-state index >= 15 is 0 Å². The van der Waals surface area contributed by atoms with Crippen molar-refractivity contribution < 1.29 is 19.4 Å². The van der Waals surface area contributed by atoms with Gasteiger partial charge in [-0.3, -0.25) is 9.59 Å². The number of rotatable bonds is 2. The molecule has 0 saturated heterocycles. The summed E-state index contributed by atoms with van der Waals surface area (Å²) in [5, 5.41) is 10.0. The van der Waals surface area contributed by atoms with Crippen LogP contribution in [0, 0.1) is 5.41 Å². The maximum absolute atomic E-state index is 12.3. The number of esters is 1. The van der Waals surface area contributed by atoms with Crippen LogP contribution in [-0.2, 0) is 14.3 Å². The molecule has 0 fully saturated rings. The Balaban J connectivity index is 2.57.